The molecule has 0 saturated carbocycles. The first-order valence-electron chi connectivity index (χ1n) is 7.53. The lowest BCUT2D eigenvalue weighted by atomic mass is 10.0. The Bertz CT molecular complexity index is 679. The van der Waals surface area contributed by atoms with Crippen LogP contribution in [-0.4, -0.2) is 22.8 Å². The van der Waals surface area contributed by atoms with E-state index < -0.39 is 0 Å². The molecule has 1 aromatic heterocycles. The quantitative estimate of drug-likeness (QED) is 0.816. The summed E-state index contributed by atoms with van der Waals surface area (Å²) in [5.74, 6) is -0.363. The minimum Gasteiger partial charge on any atom is -0.369 e. The molecule has 6 heteroatoms. The SMILES string of the molecule is CC(=O)N[C@@H](C)CCc1ccc(-c2csc(CC(N)=O)n2)cc1. The number of carbonyl (C=O) groups is 2. The third-order valence-corrected chi connectivity index (χ3v) is 4.29. The number of rotatable bonds is 7. The first-order valence-corrected chi connectivity index (χ1v) is 8.41. The standard InChI is InChI=1S/C17H21N3O2S/c1-11(19-12(2)21)3-4-13-5-7-14(8-6-13)15-10-23-17(20-15)9-16(18)22/h5-8,10-11H,3-4,9H2,1-2H3,(H2,18,22)(H,19,21)/t11-/m0/s1. The van der Waals surface area contributed by atoms with Crippen LogP contribution in [-0.2, 0) is 22.4 Å². The molecule has 0 radical (unpaired) electrons. The van der Waals surface area contributed by atoms with Crippen LogP contribution in [0, 0.1) is 0 Å². The molecule has 122 valence electrons. The number of carbonyl (C=O) groups excluding carboxylic acids is 2. The second-order valence-electron chi connectivity index (χ2n) is 5.61. The number of benzene rings is 1. The van der Waals surface area contributed by atoms with Gasteiger partial charge in [0.25, 0.3) is 0 Å². The highest BCUT2D eigenvalue weighted by Gasteiger charge is 2.08. The fraction of sp³-hybridized carbons (Fsp3) is 0.353. The normalized spacial score (nSPS) is 11.9. The summed E-state index contributed by atoms with van der Waals surface area (Å²) < 4.78 is 0. The molecular formula is C17H21N3O2S. The molecule has 0 saturated heterocycles. The minimum atomic E-state index is -0.366. The molecule has 2 rings (SSSR count). The number of thiazole rings is 1. The number of hydrogen-bond donors (Lipinski definition) is 2. The topological polar surface area (TPSA) is 85.1 Å². The Balaban J connectivity index is 1.95. The van der Waals surface area contributed by atoms with Gasteiger partial charge in [-0.3, -0.25) is 9.59 Å². The largest absolute Gasteiger partial charge is 0.369 e. The molecule has 23 heavy (non-hydrogen) atoms. The second kappa shape index (κ2) is 7.87. The molecule has 1 heterocycles. The van der Waals surface area contributed by atoms with Gasteiger partial charge < -0.3 is 11.1 Å². The fourth-order valence-electron chi connectivity index (χ4n) is 2.32. The van der Waals surface area contributed by atoms with Crippen molar-refractivity contribution in [1.29, 1.82) is 0 Å². The fourth-order valence-corrected chi connectivity index (χ4v) is 3.13. The summed E-state index contributed by atoms with van der Waals surface area (Å²) >= 11 is 1.44. The van der Waals surface area contributed by atoms with Crippen molar-refractivity contribution in [3.8, 4) is 11.3 Å². The minimum absolute atomic E-state index is 0.00291. The van der Waals surface area contributed by atoms with Gasteiger partial charge in [-0.25, -0.2) is 4.98 Å². The smallest absolute Gasteiger partial charge is 0.224 e. The van der Waals surface area contributed by atoms with Gasteiger partial charge in [-0.05, 0) is 25.3 Å². The predicted octanol–water partition coefficient (Wildman–Crippen LogP) is 2.30. The molecule has 0 aliphatic carbocycles. The third-order valence-electron chi connectivity index (χ3n) is 3.44. The molecule has 2 aromatic rings. The van der Waals surface area contributed by atoms with Crippen LogP contribution in [0.25, 0.3) is 11.3 Å². The summed E-state index contributed by atoms with van der Waals surface area (Å²) in [6.07, 6.45) is 1.99. The molecule has 0 unspecified atom stereocenters. The number of amides is 2. The van der Waals surface area contributed by atoms with E-state index in [9.17, 15) is 9.59 Å². The van der Waals surface area contributed by atoms with Crippen molar-refractivity contribution in [2.24, 2.45) is 5.73 Å². The van der Waals surface area contributed by atoms with Gasteiger partial charge >= 0.3 is 0 Å². The van der Waals surface area contributed by atoms with Crippen LogP contribution in [0.3, 0.4) is 0 Å². The van der Waals surface area contributed by atoms with Crippen LogP contribution in [0.5, 0.6) is 0 Å². The summed E-state index contributed by atoms with van der Waals surface area (Å²) in [5.41, 5.74) is 8.29. The lowest BCUT2D eigenvalue weighted by Gasteiger charge is -2.12. The van der Waals surface area contributed by atoms with Crippen LogP contribution in [0.15, 0.2) is 29.6 Å². The van der Waals surface area contributed by atoms with Gasteiger partial charge in [0.1, 0.15) is 5.01 Å². The van der Waals surface area contributed by atoms with Crippen LogP contribution in [0.1, 0.15) is 30.8 Å². The maximum Gasteiger partial charge on any atom is 0.224 e. The number of primary amides is 1. The van der Waals surface area contributed by atoms with E-state index in [-0.39, 0.29) is 24.3 Å². The van der Waals surface area contributed by atoms with Crippen LogP contribution < -0.4 is 11.1 Å². The zero-order chi connectivity index (χ0) is 16.8. The number of hydrogen-bond acceptors (Lipinski definition) is 4. The maximum absolute atomic E-state index is 11.0. The molecule has 1 atom stereocenters. The third kappa shape index (κ3) is 5.49. The number of nitrogens with one attached hydrogen (secondary N) is 1. The highest BCUT2D eigenvalue weighted by atomic mass is 32.1. The maximum atomic E-state index is 11.0. The first-order chi connectivity index (χ1) is 10.9. The van der Waals surface area contributed by atoms with Crippen molar-refractivity contribution >= 4 is 23.2 Å². The molecule has 0 bridgehead atoms. The van der Waals surface area contributed by atoms with Crippen molar-refractivity contribution in [2.45, 2.75) is 39.2 Å². The molecule has 0 aliphatic rings. The summed E-state index contributed by atoms with van der Waals surface area (Å²) in [6.45, 7) is 3.54. The van der Waals surface area contributed by atoms with Gasteiger partial charge in [0.2, 0.25) is 11.8 Å². The van der Waals surface area contributed by atoms with Crippen LogP contribution in [0.2, 0.25) is 0 Å². The Kier molecular flexibility index (Phi) is 5.87. The van der Waals surface area contributed by atoms with Crippen molar-refractivity contribution in [2.75, 3.05) is 0 Å². The van der Waals surface area contributed by atoms with Gasteiger partial charge in [0, 0.05) is 23.9 Å². The molecule has 2 amide bonds. The van der Waals surface area contributed by atoms with E-state index in [1.807, 2.05) is 24.4 Å². The summed E-state index contributed by atoms with van der Waals surface area (Å²) in [4.78, 5) is 26.3. The number of aryl methyl sites for hydroxylation is 1. The number of aromatic nitrogens is 1. The summed E-state index contributed by atoms with van der Waals surface area (Å²) in [5, 5.41) is 5.56. The Hall–Kier alpha value is -2.21. The van der Waals surface area contributed by atoms with E-state index >= 15 is 0 Å². The Morgan fingerprint density at radius 3 is 2.61 bits per heavy atom. The average molecular weight is 331 g/mol. The van der Waals surface area contributed by atoms with E-state index in [0.29, 0.717) is 0 Å². The zero-order valence-corrected chi connectivity index (χ0v) is 14.2. The zero-order valence-electron chi connectivity index (χ0n) is 13.3. The van der Waals surface area contributed by atoms with E-state index in [4.69, 9.17) is 5.73 Å². The van der Waals surface area contributed by atoms with Crippen molar-refractivity contribution < 1.29 is 9.59 Å². The van der Waals surface area contributed by atoms with Gasteiger partial charge in [-0.2, -0.15) is 0 Å². The van der Waals surface area contributed by atoms with Crippen molar-refractivity contribution in [3.05, 3.63) is 40.2 Å². The highest BCUT2D eigenvalue weighted by molar-refractivity contribution is 7.10. The number of nitrogens with zero attached hydrogens (tertiary/aromatic N) is 1. The average Bonchev–Trinajstić information content (AvgIpc) is 2.92. The monoisotopic (exact) mass is 331 g/mol. The molecular weight excluding hydrogens is 310 g/mol. The first kappa shape index (κ1) is 17.1. The van der Waals surface area contributed by atoms with E-state index in [0.717, 1.165) is 29.1 Å². The van der Waals surface area contributed by atoms with Gasteiger partial charge in [-0.15, -0.1) is 11.3 Å². The lowest BCUT2D eigenvalue weighted by molar-refractivity contribution is -0.119. The van der Waals surface area contributed by atoms with Gasteiger partial charge in [-0.1, -0.05) is 24.3 Å². The van der Waals surface area contributed by atoms with Crippen LogP contribution in [0.4, 0.5) is 0 Å². The molecule has 0 fully saturated rings. The lowest BCUT2D eigenvalue weighted by Crippen LogP contribution is -2.30. The highest BCUT2D eigenvalue weighted by Crippen LogP contribution is 2.23. The van der Waals surface area contributed by atoms with Gasteiger partial charge in [0.05, 0.1) is 12.1 Å². The van der Waals surface area contributed by atoms with E-state index in [1.165, 1.54) is 23.8 Å². The van der Waals surface area contributed by atoms with Crippen molar-refractivity contribution in [1.82, 2.24) is 10.3 Å². The van der Waals surface area contributed by atoms with E-state index in [2.05, 4.69) is 22.4 Å². The summed E-state index contributed by atoms with van der Waals surface area (Å²) in [6, 6.07) is 8.37. The van der Waals surface area contributed by atoms with E-state index in [1.54, 1.807) is 0 Å². The molecule has 3 N–H and O–H groups in total. The molecule has 0 spiro atoms. The molecule has 5 nitrogen and oxygen atoms in total. The van der Waals surface area contributed by atoms with Crippen molar-refractivity contribution in [3.63, 3.8) is 0 Å². The predicted molar refractivity (Wildman–Crippen MR) is 92.0 cm³/mol. The Morgan fingerprint density at radius 1 is 1.30 bits per heavy atom. The second-order valence-corrected chi connectivity index (χ2v) is 6.55. The molecule has 0 aliphatic heterocycles. The number of nitrogens with two attached hydrogens (primary N) is 1. The summed E-state index contributed by atoms with van der Waals surface area (Å²) in [7, 11) is 0. The molecule has 1 aromatic carbocycles. The van der Waals surface area contributed by atoms with Gasteiger partial charge in [0.15, 0.2) is 0 Å². The Labute approximate surface area is 139 Å². The Morgan fingerprint density at radius 2 is 2.00 bits per heavy atom. The van der Waals surface area contributed by atoms with Crippen LogP contribution >= 0.6 is 11.3 Å².